The summed E-state index contributed by atoms with van der Waals surface area (Å²) in [5.74, 6) is -0.951. The Morgan fingerprint density at radius 2 is 1.88 bits per heavy atom. The number of nitro groups is 1. The first-order valence-electron chi connectivity index (χ1n) is 8.56. The standard InChI is InChI=1S/C19H20FN3O3/c1-13-5-6-14(11-18(13)23(25)26)19(24)21-16-12-15(20)7-8-17(16)22-9-3-2-4-10-22/h5-8,11-12H,2-4,9-10H2,1H3,(H,21,24). The van der Waals surface area contributed by atoms with Gasteiger partial charge in [0.15, 0.2) is 0 Å². The van der Waals surface area contributed by atoms with Crippen molar-refractivity contribution < 1.29 is 14.1 Å². The normalized spacial score (nSPS) is 14.2. The second-order valence-corrected chi connectivity index (χ2v) is 6.42. The van der Waals surface area contributed by atoms with Gasteiger partial charge in [-0.05, 0) is 50.5 Å². The number of nitro benzene ring substituents is 1. The molecule has 7 heteroatoms. The van der Waals surface area contributed by atoms with E-state index in [4.69, 9.17) is 0 Å². The van der Waals surface area contributed by atoms with E-state index in [0.29, 0.717) is 11.3 Å². The molecule has 3 rings (SSSR count). The zero-order valence-electron chi connectivity index (χ0n) is 14.5. The van der Waals surface area contributed by atoms with Crippen molar-refractivity contribution in [2.45, 2.75) is 26.2 Å². The zero-order chi connectivity index (χ0) is 18.7. The molecular formula is C19H20FN3O3. The smallest absolute Gasteiger partial charge is 0.273 e. The van der Waals surface area contributed by atoms with Gasteiger partial charge in [-0.3, -0.25) is 14.9 Å². The van der Waals surface area contributed by atoms with E-state index in [1.165, 1.54) is 30.3 Å². The largest absolute Gasteiger partial charge is 0.370 e. The molecule has 1 aliphatic rings. The molecule has 136 valence electrons. The molecule has 0 bridgehead atoms. The monoisotopic (exact) mass is 357 g/mol. The van der Waals surface area contributed by atoms with Crippen LogP contribution in [0.25, 0.3) is 0 Å². The average molecular weight is 357 g/mol. The van der Waals surface area contributed by atoms with Crippen LogP contribution in [-0.4, -0.2) is 23.9 Å². The molecule has 1 saturated heterocycles. The van der Waals surface area contributed by atoms with Crippen LogP contribution in [-0.2, 0) is 0 Å². The van der Waals surface area contributed by atoms with Crippen molar-refractivity contribution in [3.63, 3.8) is 0 Å². The first-order valence-corrected chi connectivity index (χ1v) is 8.56. The minimum Gasteiger partial charge on any atom is -0.370 e. The Kier molecular flexibility index (Phi) is 5.16. The molecule has 6 nitrogen and oxygen atoms in total. The molecule has 1 heterocycles. The maximum Gasteiger partial charge on any atom is 0.273 e. The summed E-state index contributed by atoms with van der Waals surface area (Å²) < 4.78 is 13.7. The van der Waals surface area contributed by atoms with E-state index in [-0.39, 0.29) is 11.3 Å². The highest BCUT2D eigenvalue weighted by atomic mass is 19.1. The Morgan fingerprint density at radius 3 is 2.58 bits per heavy atom. The van der Waals surface area contributed by atoms with Gasteiger partial charge in [0.1, 0.15) is 5.82 Å². The van der Waals surface area contributed by atoms with Gasteiger partial charge in [0.25, 0.3) is 11.6 Å². The summed E-state index contributed by atoms with van der Waals surface area (Å²) in [6, 6.07) is 8.61. The van der Waals surface area contributed by atoms with Gasteiger partial charge in [0, 0.05) is 30.3 Å². The molecule has 2 aromatic carbocycles. The second kappa shape index (κ2) is 7.51. The Bertz CT molecular complexity index is 848. The zero-order valence-corrected chi connectivity index (χ0v) is 14.5. The lowest BCUT2D eigenvalue weighted by Gasteiger charge is -2.30. The fourth-order valence-corrected chi connectivity index (χ4v) is 3.16. The predicted molar refractivity (Wildman–Crippen MR) is 98.3 cm³/mol. The van der Waals surface area contributed by atoms with Crippen molar-refractivity contribution in [3.05, 3.63) is 63.5 Å². The molecule has 0 aromatic heterocycles. The number of carbonyl (C=O) groups is 1. The van der Waals surface area contributed by atoms with Gasteiger partial charge in [-0.2, -0.15) is 0 Å². The fraction of sp³-hybridized carbons (Fsp3) is 0.316. The first kappa shape index (κ1) is 17.8. The molecule has 0 unspecified atom stereocenters. The summed E-state index contributed by atoms with van der Waals surface area (Å²) in [6.07, 6.45) is 3.26. The third-order valence-electron chi connectivity index (χ3n) is 4.57. The molecule has 26 heavy (non-hydrogen) atoms. The Balaban J connectivity index is 1.88. The number of nitrogens with zero attached hydrogens (tertiary/aromatic N) is 2. The Labute approximate surface area is 150 Å². The number of rotatable bonds is 4. The molecule has 0 saturated carbocycles. The number of halogens is 1. The summed E-state index contributed by atoms with van der Waals surface area (Å²) in [6.45, 7) is 3.32. The number of nitrogens with one attached hydrogen (secondary N) is 1. The van der Waals surface area contributed by atoms with Crippen molar-refractivity contribution in [2.75, 3.05) is 23.3 Å². The third kappa shape index (κ3) is 3.82. The van der Waals surface area contributed by atoms with Crippen molar-refractivity contribution in [1.82, 2.24) is 0 Å². The minimum atomic E-state index is -0.520. The van der Waals surface area contributed by atoms with Crippen LogP contribution in [0.1, 0.15) is 35.2 Å². The lowest BCUT2D eigenvalue weighted by atomic mass is 10.1. The lowest BCUT2D eigenvalue weighted by Crippen LogP contribution is -2.30. The molecule has 1 amide bonds. The number of anilines is 2. The second-order valence-electron chi connectivity index (χ2n) is 6.42. The maximum absolute atomic E-state index is 13.7. The number of hydrogen-bond acceptors (Lipinski definition) is 4. The van der Waals surface area contributed by atoms with E-state index in [1.54, 1.807) is 13.0 Å². The first-order chi connectivity index (χ1) is 12.5. The van der Waals surface area contributed by atoms with Crippen molar-refractivity contribution in [2.24, 2.45) is 0 Å². The maximum atomic E-state index is 13.7. The van der Waals surface area contributed by atoms with Crippen LogP contribution in [0.3, 0.4) is 0 Å². The van der Waals surface area contributed by atoms with Gasteiger partial charge >= 0.3 is 0 Å². The SMILES string of the molecule is Cc1ccc(C(=O)Nc2cc(F)ccc2N2CCCCC2)cc1[N+](=O)[O-]. The number of piperidine rings is 1. The summed E-state index contributed by atoms with van der Waals surface area (Å²) in [5, 5.41) is 13.8. The molecule has 0 atom stereocenters. The van der Waals surface area contributed by atoms with Crippen LogP contribution in [0.4, 0.5) is 21.5 Å². The van der Waals surface area contributed by atoms with Gasteiger partial charge in [0.05, 0.1) is 16.3 Å². The third-order valence-corrected chi connectivity index (χ3v) is 4.57. The quantitative estimate of drug-likeness (QED) is 0.654. The van der Waals surface area contributed by atoms with Gasteiger partial charge in [0.2, 0.25) is 0 Å². The molecule has 1 fully saturated rings. The summed E-state index contributed by atoms with van der Waals surface area (Å²) in [5.41, 5.74) is 1.66. The van der Waals surface area contributed by atoms with Crippen molar-refractivity contribution in [1.29, 1.82) is 0 Å². The Hall–Kier alpha value is -2.96. The van der Waals surface area contributed by atoms with Crippen molar-refractivity contribution >= 4 is 23.0 Å². The van der Waals surface area contributed by atoms with Crippen LogP contribution < -0.4 is 10.2 Å². The van der Waals surface area contributed by atoms with Crippen LogP contribution in [0, 0.1) is 22.9 Å². The summed E-state index contributed by atoms with van der Waals surface area (Å²) in [4.78, 5) is 25.3. The van der Waals surface area contributed by atoms with Gasteiger partial charge in [-0.25, -0.2) is 4.39 Å². The van der Waals surface area contributed by atoms with E-state index in [9.17, 15) is 19.3 Å². The number of carbonyl (C=O) groups excluding carboxylic acids is 1. The lowest BCUT2D eigenvalue weighted by molar-refractivity contribution is -0.385. The average Bonchev–Trinajstić information content (AvgIpc) is 2.62. The van der Waals surface area contributed by atoms with E-state index in [1.807, 2.05) is 0 Å². The van der Waals surface area contributed by atoms with E-state index < -0.39 is 16.6 Å². The number of hydrogen-bond donors (Lipinski definition) is 1. The van der Waals surface area contributed by atoms with Crippen LogP contribution >= 0.6 is 0 Å². The Morgan fingerprint density at radius 1 is 1.15 bits per heavy atom. The minimum absolute atomic E-state index is 0.117. The summed E-state index contributed by atoms with van der Waals surface area (Å²) in [7, 11) is 0. The molecular weight excluding hydrogens is 337 g/mol. The number of amides is 1. The van der Waals surface area contributed by atoms with Gasteiger partial charge in [-0.1, -0.05) is 6.07 Å². The highest BCUT2D eigenvalue weighted by molar-refractivity contribution is 6.06. The van der Waals surface area contributed by atoms with E-state index in [2.05, 4.69) is 10.2 Å². The molecule has 1 aliphatic heterocycles. The van der Waals surface area contributed by atoms with Gasteiger partial charge < -0.3 is 10.2 Å². The van der Waals surface area contributed by atoms with Crippen LogP contribution in [0.2, 0.25) is 0 Å². The number of aryl methyl sites for hydroxylation is 1. The predicted octanol–water partition coefficient (Wildman–Crippen LogP) is 4.28. The highest BCUT2D eigenvalue weighted by Gasteiger charge is 2.19. The highest BCUT2D eigenvalue weighted by Crippen LogP contribution is 2.30. The van der Waals surface area contributed by atoms with E-state index >= 15 is 0 Å². The molecule has 0 spiro atoms. The topological polar surface area (TPSA) is 75.5 Å². The fourth-order valence-electron chi connectivity index (χ4n) is 3.16. The van der Waals surface area contributed by atoms with Crippen LogP contribution in [0.5, 0.6) is 0 Å². The van der Waals surface area contributed by atoms with E-state index in [0.717, 1.165) is 38.0 Å². The molecule has 0 aliphatic carbocycles. The van der Waals surface area contributed by atoms with Gasteiger partial charge in [-0.15, -0.1) is 0 Å². The van der Waals surface area contributed by atoms with Crippen LogP contribution in [0.15, 0.2) is 36.4 Å². The number of benzene rings is 2. The molecule has 1 N–H and O–H groups in total. The molecule has 0 radical (unpaired) electrons. The summed E-state index contributed by atoms with van der Waals surface area (Å²) >= 11 is 0. The van der Waals surface area contributed by atoms with Crippen molar-refractivity contribution in [3.8, 4) is 0 Å². The molecule has 2 aromatic rings.